The topological polar surface area (TPSA) is 26.7 Å². The predicted molar refractivity (Wildman–Crippen MR) is 86.1 cm³/mol. The molecule has 1 fully saturated rings. The Morgan fingerprint density at radius 2 is 2.25 bits per heavy atom. The number of hydrogen-bond donors (Lipinski definition) is 1. The fourth-order valence-electron chi connectivity index (χ4n) is 2.88. The molecular weight excluding hydrogens is 268 g/mol. The van der Waals surface area contributed by atoms with E-state index in [1.54, 1.807) is 11.3 Å². The molecule has 0 aliphatic carbocycles. The Kier molecular flexibility index (Phi) is 6.49. The van der Waals surface area contributed by atoms with E-state index in [1.807, 2.05) is 0 Å². The first-order valence-corrected chi connectivity index (χ1v) is 8.71. The molecule has 1 saturated heterocycles. The number of hydrogen-bond acceptors (Lipinski definition) is 4. The average molecular weight is 296 g/mol. The summed E-state index contributed by atoms with van der Waals surface area (Å²) in [5.74, 6) is 0.758. The highest BCUT2D eigenvalue weighted by atomic mass is 32.1. The van der Waals surface area contributed by atoms with E-state index in [1.165, 1.54) is 18.5 Å². The van der Waals surface area contributed by atoms with E-state index in [0.29, 0.717) is 12.6 Å². The third-order valence-electron chi connectivity index (χ3n) is 4.13. The maximum atomic E-state index is 9.31. The van der Waals surface area contributed by atoms with Crippen molar-refractivity contribution in [3.05, 3.63) is 22.4 Å². The Morgan fingerprint density at radius 3 is 2.90 bits per heavy atom. The predicted octanol–water partition coefficient (Wildman–Crippen LogP) is 2.66. The summed E-state index contributed by atoms with van der Waals surface area (Å²) in [6, 6.07) is 2.74. The number of aliphatic hydroxyl groups is 1. The largest absolute Gasteiger partial charge is 0.396 e. The second-order valence-electron chi connectivity index (χ2n) is 6.25. The van der Waals surface area contributed by atoms with Crippen LogP contribution in [0, 0.1) is 5.92 Å². The van der Waals surface area contributed by atoms with Gasteiger partial charge >= 0.3 is 0 Å². The molecule has 3 nitrogen and oxygen atoms in total. The Hall–Kier alpha value is -0.420. The molecule has 1 N–H and O–H groups in total. The molecule has 20 heavy (non-hydrogen) atoms. The lowest BCUT2D eigenvalue weighted by Gasteiger charge is -2.41. The van der Waals surface area contributed by atoms with E-state index in [4.69, 9.17) is 0 Å². The van der Waals surface area contributed by atoms with Gasteiger partial charge in [0.05, 0.1) is 0 Å². The number of thiophene rings is 1. The molecule has 0 bridgehead atoms. The Labute approximate surface area is 127 Å². The zero-order valence-corrected chi connectivity index (χ0v) is 13.6. The molecule has 1 aromatic heterocycles. The van der Waals surface area contributed by atoms with Crippen molar-refractivity contribution in [1.29, 1.82) is 0 Å². The van der Waals surface area contributed by atoms with Crippen molar-refractivity contribution >= 4 is 11.3 Å². The summed E-state index contributed by atoms with van der Waals surface area (Å²) in [5, 5.41) is 13.7. The summed E-state index contributed by atoms with van der Waals surface area (Å²) in [7, 11) is 0. The highest BCUT2D eigenvalue weighted by molar-refractivity contribution is 7.07. The van der Waals surface area contributed by atoms with Crippen LogP contribution in [0.25, 0.3) is 0 Å². The normalized spacial score (nSPS) is 21.7. The molecule has 4 heteroatoms. The molecule has 0 unspecified atom stereocenters. The van der Waals surface area contributed by atoms with Gasteiger partial charge in [0, 0.05) is 38.8 Å². The van der Waals surface area contributed by atoms with Crippen LogP contribution < -0.4 is 0 Å². The van der Waals surface area contributed by atoms with Crippen molar-refractivity contribution in [3.8, 4) is 0 Å². The Bertz CT molecular complexity index is 367. The van der Waals surface area contributed by atoms with Gasteiger partial charge in [-0.3, -0.25) is 9.80 Å². The van der Waals surface area contributed by atoms with Crippen LogP contribution in [0.3, 0.4) is 0 Å². The van der Waals surface area contributed by atoms with Gasteiger partial charge in [-0.25, -0.2) is 0 Å². The van der Waals surface area contributed by atoms with Gasteiger partial charge in [0.1, 0.15) is 0 Å². The molecule has 1 aromatic rings. The fourth-order valence-corrected chi connectivity index (χ4v) is 3.54. The smallest absolute Gasteiger partial charge is 0.0446 e. The van der Waals surface area contributed by atoms with Gasteiger partial charge in [0.25, 0.3) is 0 Å². The lowest BCUT2D eigenvalue weighted by atomic mass is 10.1. The number of nitrogens with zero attached hydrogens (tertiary/aromatic N) is 2. The van der Waals surface area contributed by atoms with E-state index < -0.39 is 0 Å². The van der Waals surface area contributed by atoms with Crippen LogP contribution >= 0.6 is 11.3 Å². The molecule has 1 aliphatic heterocycles. The fraction of sp³-hybridized carbons (Fsp3) is 0.750. The molecule has 2 heterocycles. The minimum Gasteiger partial charge on any atom is -0.396 e. The van der Waals surface area contributed by atoms with Gasteiger partial charge in [-0.2, -0.15) is 11.3 Å². The van der Waals surface area contributed by atoms with Gasteiger partial charge < -0.3 is 5.11 Å². The van der Waals surface area contributed by atoms with Crippen molar-refractivity contribution in [3.63, 3.8) is 0 Å². The van der Waals surface area contributed by atoms with E-state index in [2.05, 4.69) is 40.5 Å². The van der Waals surface area contributed by atoms with Crippen LogP contribution in [0.5, 0.6) is 0 Å². The molecule has 0 aromatic carbocycles. The molecule has 114 valence electrons. The molecular formula is C16H28N2OS. The summed E-state index contributed by atoms with van der Waals surface area (Å²) in [6.07, 6.45) is 2.16. The third-order valence-corrected chi connectivity index (χ3v) is 4.86. The maximum Gasteiger partial charge on any atom is 0.0446 e. The van der Waals surface area contributed by atoms with Gasteiger partial charge in [-0.1, -0.05) is 13.8 Å². The van der Waals surface area contributed by atoms with E-state index >= 15 is 0 Å². The minimum absolute atomic E-state index is 0.301. The van der Waals surface area contributed by atoms with Crippen LogP contribution in [0.15, 0.2) is 16.8 Å². The molecule has 0 spiro atoms. The van der Waals surface area contributed by atoms with Crippen LogP contribution in [0.2, 0.25) is 0 Å². The van der Waals surface area contributed by atoms with E-state index in [-0.39, 0.29) is 0 Å². The average Bonchev–Trinajstić information content (AvgIpc) is 2.91. The van der Waals surface area contributed by atoms with Crippen LogP contribution in [-0.4, -0.2) is 53.7 Å². The third kappa shape index (κ3) is 4.85. The Morgan fingerprint density at radius 1 is 1.40 bits per heavy atom. The first kappa shape index (κ1) is 16.0. The number of aliphatic hydroxyl groups excluding tert-OH is 1. The van der Waals surface area contributed by atoms with Crippen LogP contribution in [0.1, 0.15) is 32.3 Å². The van der Waals surface area contributed by atoms with Crippen molar-refractivity contribution in [2.45, 2.75) is 39.3 Å². The van der Waals surface area contributed by atoms with Gasteiger partial charge in [-0.05, 0) is 47.7 Å². The quantitative estimate of drug-likeness (QED) is 0.838. The maximum absolute atomic E-state index is 9.31. The van der Waals surface area contributed by atoms with Crippen molar-refractivity contribution in [2.75, 3.05) is 32.8 Å². The van der Waals surface area contributed by atoms with Gasteiger partial charge in [0.2, 0.25) is 0 Å². The van der Waals surface area contributed by atoms with Crippen molar-refractivity contribution in [2.24, 2.45) is 5.92 Å². The SMILES string of the molecule is CC(C)CCN1CCN(Cc2ccsc2)C[C@@H]1CCO. The summed E-state index contributed by atoms with van der Waals surface area (Å²) in [5.41, 5.74) is 1.42. The lowest BCUT2D eigenvalue weighted by Crippen LogP contribution is -2.53. The van der Waals surface area contributed by atoms with Crippen LogP contribution in [-0.2, 0) is 6.54 Å². The van der Waals surface area contributed by atoms with Crippen molar-refractivity contribution in [1.82, 2.24) is 9.80 Å². The summed E-state index contributed by atoms with van der Waals surface area (Å²) < 4.78 is 0. The van der Waals surface area contributed by atoms with Crippen molar-refractivity contribution < 1.29 is 5.11 Å². The highest BCUT2D eigenvalue weighted by Gasteiger charge is 2.26. The summed E-state index contributed by atoms with van der Waals surface area (Å²) in [6.45, 7) is 10.5. The first-order valence-electron chi connectivity index (χ1n) is 7.77. The van der Waals surface area contributed by atoms with Gasteiger partial charge in [-0.15, -0.1) is 0 Å². The second-order valence-corrected chi connectivity index (χ2v) is 7.03. The summed E-state index contributed by atoms with van der Waals surface area (Å²) in [4.78, 5) is 5.12. The van der Waals surface area contributed by atoms with Gasteiger partial charge in [0.15, 0.2) is 0 Å². The molecule has 1 aliphatic rings. The van der Waals surface area contributed by atoms with Crippen LogP contribution in [0.4, 0.5) is 0 Å². The summed E-state index contributed by atoms with van der Waals surface area (Å²) >= 11 is 1.77. The molecule has 0 radical (unpaired) electrons. The second kappa shape index (κ2) is 8.13. The molecule has 0 amide bonds. The molecule has 2 rings (SSSR count). The number of rotatable bonds is 7. The number of piperazine rings is 1. The van der Waals surface area contributed by atoms with E-state index in [9.17, 15) is 5.11 Å². The minimum atomic E-state index is 0.301. The lowest BCUT2D eigenvalue weighted by molar-refractivity contribution is 0.0524. The molecule has 1 atom stereocenters. The first-order chi connectivity index (χ1) is 9.69. The standard InChI is InChI=1S/C16H28N2OS/c1-14(2)3-6-18-8-7-17(12-16(18)4-9-19)11-15-5-10-20-13-15/h5,10,13-14,16,19H,3-4,6-9,11-12H2,1-2H3/t16-/m0/s1. The Balaban J connectivity index is 1.86. The molecule has 0 saturated carbocycles. The zero-order valence-electron chi connectivity index (χ0n) is 12.8. The zero-order chi connectivity index (χ0) is 14.4. The monoisotopic (exact) mass is 296 g/mol. The highest BCUT2D eigenvalue weighted by Crippen LogP contribution is 2.18. The van der Waals surface area contributed by atoms with E-state index in [0.717, 1.165) is 38.5 Å².